The van der Waals surface area contributed by atoms with E-state index in [0.717, 1.165) is 16.0 Å². The predicted molar refractivity (Wildman–Crippen MR) is 165 cm³/mol. The summed E-state index contributed by atoms with van der Waals surface area (Å²) in [5.41, 5.74) is 3.67. The number of anilines is 2. The molecule has 2 N–H and O–H groups in total. The molecule has 0 aliphatic heterocycles. The van der Waals surface area contributed by atoms with Crippen LogP contribution < -0.4 is 16.2 Å². The van der Waals surface area contributed by atoms with E-state index in [1.54, 1.807) is 11.7 Å². The number of carbonyl (C=O) groups is 2. The fraction of sp³-hybridized carbons (Fsp3) is 0.121. The normalized spacial score (nSPS) is 11.6. The molecule has 0 saturated heterocycles. The van der Waals surface area contributed by atoms with E-state index < -0.39 is 5.25 Å². The monoisotopic (exact) mass is 562 g/mol. The van der Waals surface area contributed by atoms with Gasteiger partial charge in [-0.3, -0.25) is 19.1 Å². The van der Waals surface area contributed by atoms with Crippen LogP contribution in [0.15, 0.2) is 125 Å². The van der Waals surface area contributed by atoms with Crippen molar-refractivity contribution in [3.05, 3.63) is 142 Å². The van der Waals surface area contributed by atoms with Crippen LogP contribution in [0.3, 0.4) is 0 Å². The Morgan fingerprint density at radius 2 is 1.44 bits per heavy atom. The highest BCUT2D eigenvalue weighted by molar-refractivity contribution is 8.00. The summed E-state index contributed by atoms with van der Waals surface area (Å²) in [7, 11) is 1.79. The zero-order valence-corrected chi connectivity index (χ0v) is 23.6. The molecular weight excluding hydrogens is 532 g/mol. The summed E-state index contributed by atoms with van der Waals surface area (Å²) in [4.78, 5) is 40.6. The minimum absolute atomic E-state index is 0.120. The van der Waals surface area contributed by atoms with Crippen LogP contribution in [-0.4, -0.2) is 21.2 Å². The average molecular weight is 563 g/mol. The van der Waals surface area contributed by atoms with Gasteiger partial charge in [-0.1, -0.05) is 84.9 Å². The molecule has 206 valence electrons. The molecule has 0 radical (unpaired) electrons. The van der Waals surface area contributed by atoms with Crippen molar-refractivity contribution in [1.82, 2.24) is 9.36 Å². The molecule has 1 heterocycles. The second-order valence-corrected chi connectivity index (χ2v) is 10.8. The van der Waals surface area contributed by atoms with Gasteiger partial charge in [0, 0.05) is 17.6 Å². The lowest BCUT2D eigenvalue weighted by Crippen LogP contribution is -2.25. The molecule has 0 bridgehead atoms. The summed E-state index contributed by atoms with van der Waals surface area (Å²) in [5.74, 6) is -0.435. The van der Waals surface area contributed by atoms with Crippen LogP contribution in [0.2, 0.25) is 0 Å². The van der Waals surface area contributed by atoms with Crippen LogP contribution in [0.25, 0.3) is 5.69 Å². The molecule has 1 aromatic heterocycles. The molecule has 8 heteroatoms. The zero-order chi connectivity index (χ0) is 28.8. The maximum Gasteiger partial charge on any atom is 0.295 e. The zero-order valence-electron chi connectivity index (χ0n) is 22.8. The lowest BCUT2D eigenvalue weighted by atomic mass is 10.1. The van der Waals surface area contributed by atoms with Gasteiger partial charge in [-0.15, -0.1) is 11.8 Å². The van der Waals surface area contributed by atoms with E-state index in [-0.39, 0.29) is 29.5 Å². The fourth-order valence-corrected chi connectivity index (χ4v) is 5.65. The molecule has 0 fully saturated rings. The Labute approximate surface area is 242 Å². The van der Waals surface area contributed by atoms with E-state index in [1.165, 1.54) is 16.4 Å². The highest BCUT2D eigenvalue weighted by atomic mass is 32.2. The Morgan fingerprint density at radius 1 is 0.805 bits per heavy atom. The first-order valence-corrected chi connectivity index (χ1v) is 14.1. The summed E-state index contributed by atoms with van der Waals surface area (Å²) >= 11 is 1.35. The average Bonchev–Trinajstić information content (AvgIpc) is 3.20. The van der Waals surface area contributed by atoms with Gasteiger partial charge in [0.1, 0.15) is 10.9 Å². The van der Waals surface area contributed by atoms with Gasteiger partial charge in [0.15, 0.2) is 0 Å². The van der Waals surface area contributed by atoms with E-state index in [1.807, 2.05) is 122 Å². The lowest BCUT2D eigenvalue weighted by Gasteiger charge is -2.17. The Morgan fingerprint density at radius 3 is 2.12 bits per heavy atom. The number of thioether (sulfide) groups is 1. The maximum absolute atomic E-state index is 13.8. The number of carbonyl (C=O) groups excluding carboxylic acids is 2. The molecule has 1 unspecified atom stereocenters. The van der Waals surface area contributed by atoms with Crippen molar-refractivity contribution in [3.8, 4) is 5.69 Å². The van der Waals surface area contributed by atoms with Crippen LogP contribution in [-0.2, 0) is 23.1 Å². The second kappa shape index (κ2) is 12.6. The first-order valence-electron chi connectivity index (χ1n) is 13.2. The largest absolute Gasteiger partial charge is 0.326 e. The number of benzene rings is 4. The first-order chi connectivity index (χ1) is 19.9. The molecule has 7 nitrogen and oxygen atoms in total. The molecule has 4 aromatic carbocycles. The third-order valence-corrected chi connectivity index (χ3v) is 7.97. The van der Waals surface area contributed by atoms with Crippen molar-refractivity contribution in [3.63, 3.8) is 0 Å². The van der Waals surface area contributed by atoms with Gasteiger partial charge in [0.2, 0.25) is 11.8 Å². The minimum Gasteiger partial charge on any atom is -0.326 e. The van der Waals surface area contributed by atoms with E-state index in [0.29, 0.717) is 17.1 Å². The van der Waals surface area contributed by atoms with Crippen LogP contribution >= 0.6 is 11.8 Å². The minimum atomic E-state index is -0.643. The van der Waals surface area contributed by atoms with Gasteiger partial charge in [0.05, 0.1) is 17.8 Å². The number of aromatic nitrogens is 2. The molecule has 2 amide bonds. The van der Waals surface area contributed by atoms with Crippen molar-refractivity contribution in [2.75, 3.05) is 10.6 Å². The van der Waals surface area contributed by atoms with Crippen molar-refractivity contribution < 1.29 is 9.59 Å². The molecule has 0 aliphatic rings. The van der Waals surface area contributed by atoms with E-state index >= 15 is 0 Å². The quantitative estimate of drug-likeness (QED) is 0.212. The van der Waals surface area contributed by atoms with Crippen molar-refractivity contribution in [2.45, 2.75) is 23.5 Å². The number of hydrogen-bond donors (Lipinski definition) is 2. The number of para-hydroxylation sites is 1. The molecule has 5 rings (SSSR count). The van der Waals surface area contributed by atoms with Crippen molar-refractivity contribution in [1.29, 1.82) is 0 Å². The van der Waals surface area contributed by atoms with Gasteiger partial charge in [-0.05, 0) is 48.4 Å². The molecule has 41 heavy (non-hydrogen) atoms. The predicted octanol–water partition coefficient (Wildman–Crippen LogP) is 6.14. The van der Waals surface area contributed by atoms with Gasteiger partial charge >= 0.3 is 0 Å². The molecule has 0 spiro atoms. The fourth-order valence-electron chi connectivity index (χ4n) is 4.57. The number of rotatable bonds is 9. The molecular formula is C33H30N4O3S. The number of nitrogens with one attached hydrogen (secondary N) is 2. The SMILES string of the molecule is Cc1c(NC(=O)C(Sc2cccc(NC(=O)Cc3ccccc3)c2)c2ccccc2)c(=O)n(-c2ccccc2)n1C. The topological polar surface area (TPSA) is 85.1 Å². The number of hydrogen-bond acceptors (Lipinski definition) is 4. The maximum atomic E-state index is 13.8. The summed E-state index contributed by atoms with van der Waals surface area (Å²) < 4.78 is 3.27. The third kappa shape index (κ3) is 6.50. The van der Waals surface area contributed by atoms with Crippen LogP contribution in [0, 0.1) is 6.92 Å². The van der Waals surface area contributed by atoms with Crippen LogP contribution in [0.1, 0.15) is 22.1 Å². The molecule has 0 aliphatic carbocycles. The van der Waals surface area contributed by atoms with Crippen molar-refractivity contribution in [2.24, 2.45) is 7.05 Å². The van der Waals surface area contributed by atoms with E-state index in [2.05, 4.69) is 10.6 Å². The summed E-state index contributed by atoms with van der Waals surface area (Å²) in [6.07, 6.45) is 0.268. The third-order valence-electron chi connectivity index (χ3n) is 6.72. The molecule has 1 atom stereocenters. The number of nitrogens with zero attached hydrogens (tertiary/aromatic N) is 2. The molecule has 0 saturated carbocycles. The Hall–Kier alpha value is -4.82. The highest BCUT2D eigenvalue weighted by Gasteiger charge is 2.26. The van der Waals surface area contributed by atoms with Crippen LogP contribution in [0.4, 0.5) is 11.4 Å². The summed E-state index contributed by atoms with van der Waals surface area (Å²) in [6, 6.07) is 35.7. The van der Waals surface area contributed by atoms with E-state index in [4.69, 9.17) is 0 Å². The van der Waals surface area contributed by atoms with Gasteiger partial charge in [-0.2, -0.15) is 0 Å². The standard InChI is InChI=1S/C33H30N4O3S/c1-23-30(33(40)37(36(23)2)27-18-10-5-11-19-27)35-32(39)31(25-15-8-4-9-16-25)41-28-20-12-17-26(22-28)34-29(38)21-24-13-6-3-7-14-24/h3-20,22,31H,21H2,1-2H3,(H,34,38)(H,35,39). The lowest BCUT2D eigenvalue weighted by molar-refractivity contribution is -0.116. The Balaban J connectivity index is 1.38. The first kappa shape index (κ1) is 27.7. The Kier molecular flexibility index (Phi) is 8.50. The Bertz CT molecular complexity index is 1710. The van der Waals surface area contributed by atoms with Gasteiger partial charge < -0.3 is 10.6 Å². The van der Waals surface area contributed by atoms with Crippen LogP contribution in [0.5, 0.6) is 0 Å². The summed E-state index contributed by atoms with van der Waals surface area (Å²) in [6.45, 7) is 1.81. The van der Waals surface area contributed by atoms with Crippen molar-refractivity contribution >= 4 is 35.0 Å². The summed E-state index contributed by atoms with van der Waals surface area (Å²) in [5, 5.41) is 5.23. The highest BCUT2D eigenvalue weighted by Crippen LogP contribution is 2.37. The van der Waals surface area contributed by atoms with Gasteiger partial charge in [0.25, 0.3) is 5.56 Å². The smallest absolute Gasteiger partial charge is 0.295 e. The van der Waals surface area contributed by atoms with Gasteiger partial charge in [-0.25, -0.2) is 4.68 Å². The second-order valence-electron chi connectivity index (χ2n) is 9.57. The van der Waals surface area contributed by atoms with E-state index in [9.17, 15) is 14.4 Å². The number of amides is 2. The molecule has 5 aromatic rings.